The zero-order valence-corrected chi connectivity index (χ0v) is 10.8. The summed E-state index contributed by atoms with van der Waals surface area (Å²) in [6, 6.07) is 10.7. The van der Waals surface area contributed by atoms with Crippen molar-refractivity contribution in [3.05, 3.63) is 59.9 Å². The monoisotopic (exact) mass is 281 g/mol. The van der Waals surface area contributed by atoms with Gasteiger partial charge in [0.25, 0.3) is 5.91 Å². The number of hydrazine groups is 1. The third kappa shape index (κ3) is 4.04. The number of hydrogen-bond acceptors (Lipinski definition) is 4. The van der Waals surface area contributed by atoms with E-state index in [2.05, 4.69) is 21.2 Å². The quantitative estimate of drug-likeness (QED) is 0.723. The number of urea groups is 1. The number of nitrogens with zero attached hydrogens (tertiary/aromatic N) is 2. The smallest absolute Gasteiger partial charge is 0.307 e. The number of benzene rings is 1. The van der Waals surface area contributed by atoms with E-state index in [-0.39, 0.29) is 0 Å². The van der Waals surface area contributed by atoms with Crippen molar-refractivity contribution in [3.8, 4) is 6.07 Å². The van der Waals surface area contributed by atoms with Crippen molar-refractivity contribution >= 4 is 17.6 Å². The van der Waals surface area contributed by atoms with Gasteiger partial charge < -0.3 is 5.32 Å². The minimum absolute atomic E-state index is 0.378. The van der Waals surface area contributed by atoms with Gasteiger partial charge >= 0.3 is 6.03 Å². The molecular formula is C14H11N5O2. The molecular weight excluding hydrogens is 270 g/mol. The number of amides is 3. The van der Waals surface area contributed by atoms with Crippen LogP contribution in [0.1, 0.15) is 15.9 Å². The van der Waals surface area contributed by atoms with Crippen LogP contribution >= 0.6 is 0 Å². The summed E-state index contributed by atoms with van der Waals surface area (Å²) < 4.78 is 0. The van der Waals surface area contributed by atoms with E-state index < -0.39 is 11.9 Å². The summed E-state index contributed by atoms with van der Waals surface area (Å²) in [7, 11) is 0. The largest absolute Gasteiger partial charge is 0.337 e. The Morgan fingerprint density at radius 1 is 1.00 bits per heavy atom. The van der Waals surface area contributed by atoms with Crippen LogP contribution in [0.2, 0.25) is 0 Å². The lowest BCUT2D eigenvalue weighted by atomic mass is 10.2. The first kappa shape index (κ1) is 14.0. The van der Waals surface area contributed by atoms with Crippen LogP contribution in [-0.2, 0) is 0 Å². The number of pyridine rings is 1. The molecule has 0 unspecified atom stereocenters. The number of carbonyl (C=O) groups excluding carboxylic acids is 2. The number of aromatic nitrogens is 1. The van der Waals surface area contributed by atoms with E-state index in [1.165, 1.54) is 24.5 Å². The highest BCUT2D eigenvalue weighted by Crippen LogP contribution is 2.08. The number of nitrogens with one attached hydrogen (secondary N) is 3. The van der Waals surface area contributed by atoms with Crippen molar-refractivity contribution in [2.45, 2.75) is 0 Å². The molecule has 2 rings (SSSR count). The summed E-state index contributed by atoms with van der Waals surface area (Å²) in [5.74, 6) is -0.452. The molecule has 104 valence electrons. The Hall–Kier alpha value is -3.40. The molecule has 3 amide bonds. The number of carbonyl (C=O) groups is 2. The van der Waals surface area contributed by atoms with Crippen LogP contribution in [0.5, 0.6) is 0 Å². The molecule has 0 radical (unpaired) electrons. The second-order valence-electron chi connectivity index (χ2n) is 3.96. The second kappa shape index (κ2) is 6.68. The van der Waals surface area contributed by atoms with Crippen molar-refractivity contribution < 1.29 is 9.59 Å². The summed E-state index contributed by atoms with van der Waals surface area (Å²) >= 11 is 0. The lowest BCUT2D eigenvalue weighted by Crippen LogP contribution is -2.43. The first-order chi connectivity index (χ1) is 10.2. The maximum absolute atomic E-state index is 11.7. The lowest BCUT2D eigenvalue weighted by Gasteiger charge is -2.08. The Balaban J connectivity index is 1.85. The Morgan fingerprint density at radius 3 is 2.29 bits per heavy atom. The Bertz CT molecular complexity index is 677. The van der Waals surface area contributed by atoms with Crippen LogP contribution in [0.15, 0.2) is 48.8 Å². The highest BCUT2D eigenvalue weighted by Gasteiger charge is 2.06. The fraction of sp³-hybridized carbons (Fsp3) is 0. The SMILES string of the molecule is N#Cc1ccc(NC(=O)NNC(=O)c2ccncc2)cc1. The maximum Gasteiger partial charge on any atom is 0.337 e. The molecule has 0 bridgehead atoms. The predicted octanol–water partition coefficient (Wildman–Crippen LogP) is 1.42. The lowest BCUT2D eigenvalue weighted by molar-refractivity contribution is 0.0938. The molecule has 0 atom stereocenters. The Labute approximate surface area is 120 Å². The van der Waals surface area contributed by atoms with Crippen LogP contribution in [-0.4, -0.2) is 16.9 Å². The average molecular weight is 281 g/mol. The van der Waals surface area contributed by atoms with Gasteiger partial charge in [-0.3, -0.25) is 15.2 Å². The van der Waals surface area contributed by atoms with E-state index in [1.807, 2.05) is 6.07 Å². The molecule has 1 heterocycles. The van der Waals surface area contributed by atoms with Crippen molar-refractivity contribution in [1.29, 1.82) is 5.26 Å². The van der Waals surface area contributed by atoms with Gasteiger partial charge in [0.1, 0.15) is 0 Å². The molecule has 2 aromatic rings. The third-order valence-corrected chi connectivity index (χ3v) is 2.50. The molecule has 21 heavy (non-hydrogen) atoms. The molecule has 7 heteroatoms. The second-order valence-corrected chi connectivity index (χ2v) is 3.96. The third-order valence-electron chi connectivity index (χ3n) is 2.50. The van der Waals surface area contributed by atoms with Gasteiger partial charge in [-0.2, -0.15) is 5.26 Å². The van der Waals surface area contributed by atoms with E-state index in [0.717, 1.165) is 0 Å². The Kier molecular flexibility index (Phi) is 4.46. The van der Waals surface area contributed by atoms with E-state index in [4.69, 9.17) is 5.26 Å². The fourth-order valence-electron chi connectivity index (χ4n) is 1.48. The van der Waals surface area contributed by atoms with Gasteiger partial charge in [0.05, 0.1) is 11.6 Å². The molecule has 0 fully saturated rings. The minimum atomic E-state index is -0.595. The van der Waals surface area contributed by atoms with Gasteiger partial charge in [0.2, 0.25) is 0 Å². The van der Waals surface area contributed by atoms with Crippen molar-refractivity contribution in [2.75, 3.05) is 5.32 Å². The van der Waals surface area contributed by atoms with E-state index in [0.29, 0.717) is 16.8 Å². The highest BCUT2D eigenvalue weighted by atomic mass is 16.2. The summed E-state index contributed by atoms with van der Waals surface area (Å²) in [5, 5.41) is 11.2. The predicted molar refractivity (Wildman–Crippen MR) is 75.0 cm³/mol. The molecule has 0 saturated carbocycles. The standard InChI is InChI=1S/C14H11N5O2/c15-9-10-1-3-12(4-2-10)17-14(21)19-18-13(20)11-5-7-16-8-6-11/h1-8H,(H,18,20)(H2,17,19,21). The molecule has 1 aromatic heterocycles. The van der Waals surface area contributed by atoms with E-state index in [9.17, 15) is 9.59 Å². The van der Waals surface area contributed by atoms with Crippen LogP contribution in [0, 0.1) is 11.3 Å². The summed E-state index contributed by atoms with van der Waals surface area (Å²) in [4.78, 5) is 27.0. The number of rotatable bonds is 2. The van der Waals surface area contributed by atoms with Crippen molar-refractivity contribution in [1.82, 2.24) is 15.8 Å². The molecule has 0 saturated heterocycles. The average Bonchev–Trinajstić information content (AvgIpc) is 2.54. The van der Waals surface area contributed by atoms with Crippen LogP contribution in [0.3, 0.4) is 0 Å². The fourth-order valence-corrected chi connectivity index (χ4v) is 1.48. The van der Waals surface area contributed by atoms with E-state index >= 15 is 0 Å². The number of nitriles is 1. The Morgan fingerprint density at radius 2 is 1.67 bits per heavy atom. The van der Waals surface area contributed by atoms with Gasteiger partial charge in [-0.1, -0.05) is 0 Å². The van der Waals surface area contributed by atoms with Crippen molar-refractivity contribution in [3.63, 3.8) is 0 Å². The summed E-state index contributed by atoms with van der Waals surface area (Å²) in [6.45, 7) is 0. The van der Waals surface area contributed by atoms with Gasteiger partial charge in [-0.05, 0) is 36.4 Å². The van der Waals surface area contributed by atoms with E-state index in [1.54, 1.807) is 24.3 Å². The van der Waals surface area contributed by atoms with Crippen LogP contribution in [0.4, 0.5) is 10.5 Å². The van der Waals surface area contributed by atoms with Gasteiger partial charge in [-0.15, -0.1) is 0 Å². The molecule has 0 aliphatic heterocycles. The summed E-state index contributed by atoms with van der Waals surface area (Å²) in [5.41, 5.74) is 5.86. The van der Waals surface area contributed by atoms with Crippen molar-refractivity contribution in [2.24, 2.45) is 0 Å². The normalized spacial score (nSPS) is 9.29. The van der Waals surface area contributed by atoms with Gasteiger partial charge in [0, 0.05) is 23.6 Å². The number of hydrogen-bond donors (Lipinski definition) is 3. The molecule has 1 aromatic carbocycles. The topological polar surface area (TPSA) is 107 Å². The zero-order chi connectivity index (χ0) is 15.1. The molecule has 0 spiro atoms. The minimum Gasteiger partial charge on any atom is -0.307 e. The first-order valence-corrected chi connectivity index (χ1v) is 5.96. The van der Waals surface area contributed by atoms with Crippen LogP contribution < -0.4 is 16.2 Å². The molecule has 0 aliphatic rings. The zero-order valence-electron chi connectivity index (χ0n) is 10.8. The van der Waals surface area contributed by atoms with Gasteiger partial charge in [0.15, 0.2) is 0 Å². The molecule has 7 nitrogen and oxygen atoms in total. The molecule has 0 aliphatic carbocycles. The van der Waals surface area contributed by atoms with Crippen LogP contribution in [0.25, 0.3) is 0 Å². The number of anilines is 1. The highest BCUT2D eigenvalue weighted by molar-refractivity contribution is 5.96. The summed E-state index contributed by atoms with van der Waals surface area (Å²) in [6.07, 6.45) is 2.96. The molecule has 3 N–H and O–H groups in total. The first-order valence-electron chi connectivity index (χ1n) is 5.96. The maximum atomic E-state index is 11.7. The van der Waals surface area contributed by atoms with Gasteiger partial charge in [-0.25, -0.2) is 10.2 Å².